The number of aromatic nitrogens is 3. The average molecular weight is 386 g/mol. The van der Waals surface area contributed by atoms with Crippen LogP contribution in [0.2, 0.25) is 0 Å². The summed E-state index contributed by atoms with van der Waals surface area (Å²) in [5.41, 5.74) is 2.62. The topological polar surface area (TPSA) is 80.2 Å². The number of nitrogens with one attached hydrogen (secondary N) is 1. The molecule has 0 unspecified atom stereocenters. The first-order valence-corrected chi connectivity index (χ1v) is 9.97. The number of aliphatic hydroxyl groups excluding tert-OH is 1. The second-order valence-electron chi connectivity index (χ2n) is 7.44. The fourth-order valence-electron chi connectivity index (χ4n) is 3.85. The zero-order chi connectivity index (χ0) is 19.6. The minimum absolute atomic E-state index is 0.111. The van der Waals surface area contributed by atoms with Crippen LogP contribution in [0.3, 0.4) is 0 Å². The van der Waals surface area contributed by atoms with Crippen molar-refractivity contribution >= 4 is 33.4 Å². The van der Waals surface area contributed by atoms with E-state index in [9.17, 15) is 5.11 Å². The summed E-state index contributed by atoms with van der Waals surface area (Å²) < 4.78 is 6.25. The lowest BCUT2D eigenvalue weighted by molar-refractivity contribution is 0.0672. The van der Waals surface area contributed by atoms with Gasteiger partial charge in [0, 0.05) is 23.2 Å². The van der Waals surface area contributed by atoms with Crippen molar-refractivity contribution in [2.24, 2.45) is 0 Å². The molecule has 4 aromatic rings. The van der Waals surface area contributed by atoms with Gasteiger partial charge in [0.25, 0.3) is 0 Å². The fraction of sp³-hybridized carbons (Fsp3) is 0.261. The number of rotatable bonds is 4. The Labute approximate surface area is 168 Å². The van der Waals surface area contributed by atoms with Gasteiger partial charge in [-0.1, -0.05) is 30.3 Å². The summed E-state index contributed by atoms with van der Waals surface area (Å²) in [6.07, 6.45) is 6.78. The van der Waals surface area contributed by atoms with E-state index in [-0.39, 0.29) is 12.2 Å². The Hall–Kier alpha value is -3.25. The number of hydrogen-bond donors (Lipinski definition) is 2. The molecule has 0 amide bonds. The Morgan fingerprint density at radius 3 is 2.69 bits per heavy atom. The first-order valence-electron chi connectivity index (χ1n) is 9.97. The molecule has 1 aliphatic carbocycles. The van der Waals surface area contributed by atoms with Gasteiger partial charge in [0.15, 0.2) is 0 Å². The van der Waals surface area contributed by atoms with Crippen LogP contribution in [0.4, 0.5) is 11.6 Å². The molecular weight excluding hydrogens is 364 g/mol. The molecule has 0 spiro atoms. The standard InChI is InChI=1S/C23H22N4O2/c28-16-8-10-17(11-9-16)29-21-7-3-4-15-14-25-23(27-22(15)21)26-20-12-13-24-19-6-2-1-5-18(19)20/h1-7,12-14,16-17,28H,8-11H2,(H,24,25,26,27). The third-order valence-electron chi connectivity index (χ3n) is 5.41. The van der Waals surface area contributed by atoms with Crippen LogP contribution in [0.1, 0.15) is 25.7 Å². The average Bonchev–Trinajstić information content (AvgIpc) is 2.76. The van der Waals surface area contributed by atoms with Crippen molar-refractivity contribution in [1.82, 2.24) is 15.0 Å². The first-order chi connectivity index (χ1) is 14.3. The third kappa shape index (κ3) is 3.71. The van der Waals surface area contributed by atoms with Crippen LogP contribution < -0.4 is 10.1 Å². The SMILES string of the molecule is OC1CCC(Oc2cccc3cnc(Nc4ccnc5ccccc45)nc23)CC1. The summed E-state index contributed by atoms with van der Waals surface area (Å²) in [4.78, 5) is 13.6. The fourth-order valence-corrected chi connectivity index (χ4v) is 3.85. The number of ether oxygens (including phenoxy) is 1. The van der Waals surface area contributed by atoms with Crippen molar-refractivity contribution in [2.45, 2.75) is 37.9 Å². The predicted molar refractivity (Wildman–Crippen MR) is 113 cm³/mol. The summed E-state index contributed by atoms with van der Waals surface area (Å²) >= 11 is 0. The van der Waals surface area contributed by atoms with Gasteiger partial charge in [-0.15, -0.1) is 0 Å². The predicted octanol–water partition coefficient (Wildman–Crippen LogP) is 4.60. The van der Waals surface area contributed by atoms with Gasteiger partial charge in [0.05, 0.1) is 23.4 Å². The van der Waals surface area contributed by atoms with Gasteiger partial charge < -0.3 is 15.2 Å². The van der Waals surface area contributed by atoms with Gasteiger partial charge >= 0.3 is 0 Å². The maximum atomic E-state index is 9.73. The number of hydrogen-bond acceptors (Lipinski definition) is 6. The summed E-state index contributed by atoms with van der Waals surface area (Å²) in [5.74, 6) is 1.28. The monoisotopic (exact) mass is 386 g/mol. The molecule has 2 N–H and O–H groups in total. The van der Waals surface area contributed by atoms with Crippen molar-refractivity contribution in [2.75, 3.05) is 5.32 Å². The molecule has 2 heterocycles. The van der Waals surface area contributed by atoms with Gasteiger partial charge in [-0.2, -0.15) is 0 Å². The van der Waals surface area contributed by atoms with Crippen molar-refractivity contribution in [3.63, 3.8) is 0 Å². The Morgan fingerprint density at radius 1 is 0.931 bits per heavy atom. The number of benzene rings is 2. The van der Waals surface area contributed by atoms with Gasteiger partial charge in [0.1, 0.15) is 11.3 Å². The maximum Gasteiger partial charge on any atom is 0.227 e. The van der Waals surface area contributed by atoms with Crippen LogP contribution >= 0.6 is 0 Å². The zero-order valence-electron chi connectivity index (χ0n) is 16.0. The highest BCUT2D eigenvalue weighted by molar-refractivity contribution is 5.92. The molecule has 2 aromatic heterocycles. The molecule has 0 bridgehead atoms. The smallest absolute Gasteiger partial charge is 0.227 e. The van der Waals surface area contributed by atoms with Crippen LogP contribution in [0.15, 0.2) is 60.9 Å². The van der Waals surface area contributed by atoms with Crippen molar-refractivity contribution in [1.29, 1.82) is 0 Å². The summed E-state index contributed by atoms with van der Waals surface area (Å²) in [6.45, 7) is 0. The molecular formula is C23H22N4O2. The lowest BCUT2D eigenvalue weighted by Gasteiger charge is -2.26. The minimum Gasteiger partial charge on any atom is -0.488 e. The van der Waals surface area contributed by atoms with E-state index < -0.39 is 0 Å². The molecule has 1 aliphatic rings. The Morgan fingerprint density at radius 2 is 1.79 bits per heavy atom. The van der Waals surface area contributed by atoms with Gasteiger partial charge in [-0.25, -0.2) is 9.97 Å². The molecule has 6 heteroatoms. The molecule has 1 fully saturated rings. The quantitative estimate of drug-likeness (QED) is 0.533. The molecule has 1 saturated carbocycles. The molecule has 0 saturated heterocycles. The van der Waals surface area contributed by atoms with Crippen LogP contribution in [0.5, 0.6) is 5.75 Å². The van der Waals surface area contributed by atoms with Crippen molar-refractivity contribution in [3.8, 4) is 5.75 Å². The normalized spacial score (nSPS) is 19.3. The largest absolute Gasteiger partial charge is 0.488 e. The number of nitrogens with zero attached hydrogens (tertiary/aromatic N) is 3. The van der Waals surface area contributed by atoms with E-state index in [0.29, 0.717) is 5.95 Å². The molecule has 0 atom stereocenters. The third-order valence-corrected chi connectivity index (χ3v) is 5.41. The summed E-state index contributed by atoms with van der Waals surface area (Å²) in [7, 11) is 0. The molecule has 2 aromatic carbocycles. The number of pyridine rings is 1. The Balaban J connectivity index is 1.46. The number of aliphatic hydroxyl groups is 1. The van der Waals surface area contributed by atoms with Gasteiger partial charge in [-0.05, 0) is 43.9 Å². The van der Waals surface area contributed by atoms with E-state index in [2.05, 4.69) is 15.3 Å². The van der Waals surface area contributed by atoms with E-state index in [1.807, 2.05) is 54.7 Å². The van der Waals surface area contributed by atoms with Crippen LogP contribution in [-0.2, 0) is 0 Å². The second kappa shape index (κ2) is 7.64. The molecule has 146 valence electrons. The van der Waals surface area contributed by atoms with E-state index in [0.717, 1.165) is 58.9 Å². The molecule has 0 radical (unpaired) electrons. The molecule has 6 nitrogen and oxygen atoms in total. The number of fused-ring (bicyclic) bond motifs is 2. The Kier molecular flexibility index (Phi) is 4.69. The Bertz CT molecular complexity index is 1150. The van der Waals surface area contributed by atoms with Crippen LogP contribution in [0.25, 0.3) is 21.8 Å². The molecule has 29 heavy (non-hydrogen) atoms. The minimum atomic E-state index is -0.198. The molecule has 5 rings (SSSR count). The highest BCUT2D eigenvalue weighted by Crippen LogP contribution is 2.30. The van der Waals surface area contributed by atoms with E-state index in [1.54, 1.807) is 6.20 Å². The highest BCUT2D eigenvalue weighted by atomic mass is 16.5. The van der Waals surface area contributed by atoms with E-state index in [1.165, 1.54) is 0 Å². The number of anilines is 2. The zero-order valence-corrected chi connectivity index (χ0v) is 16.0. The molecule has 0 aliphatic heterocycles. The van der Waals surface area contributed by atoms with E-state index >= 15 is 0 Å². The highest BCUT2D eigenvalue weighted by Gasteiger charge is 2.21. The summed E-state index contributed by atoms with van der Waals surface area (Å²) in [5, 5.41) is 15.0. The number of para-hydroxylation sites is 2. The lowest BCUT2D eigenvalue weighted by atomic mass is 9.95. The van der Waals surface area contributed by atoms with E-state index in [4.69, 9.17) is 9.72 Å². The van der Waals surface area contributed by atoms with Gasteiger partial charge in [-0.3, -0.25) is 4.98 Å². The van der Waals surface area contributed by atoms with Gasteiger partial charge in [0.2, 0.25) is 5.95 Å². The summed E-state index contributed by atoms with van der Waals surface area (Å²) in [6, 6.07) is 15.8. The van der Waals surface area contributed by atoms with Crippen molar-refractivity contribution < 1.29 is 9.84 Å². The maximum absolute atomic E-state index is 9.73. The van der Waals surface area contributed by atoms with Crippen molar-refractivity contribution in [3.05, 3.63) is 60.9 Å². The van der Waals surface area contributed by atoms with Crippen LogP contribution in [-0.4, -0.2) is 32.3 Å². The first kappa shape index (κ1) is 17.8. The lowest BCUT2D eigenvalue weighted by Crippen LogP contribution is -2.26. The second-order valence-corrected chi connectivity index (χ2v) is 7.44. The van der Waals surface area contributed by atoms with Crippen LogP contribution in [0, 0.1) is 0 Å².